The molecular weight excluding hydrogens is 174 g/mol. The van der Waals surface area contributed by atoms with E-state index in [1.165, 1.54) is 0 Å². The molecule has 12 heavy (non-hydrogen) atoms. The van der Waals surface area contributed by atoms with E-state index in [4.69, 9.17) is 5.73 Å². The quantitative estimate of drug-likeness (QED) is 0.678. The van der Waals surface area contributed by atoms with E-state index < -0.39 is 9.84 Å². The molecule has 0 aliphatic rings. The van der Waals surface area contributed by atoms with Gasteiger partial charge in [0.2, 0.25) is 0 Å². The molecule has 0 spiro atoms. The summed E-state index contributed by atoms with van der Waals surface area (Å²) in [5, 5.41) is 0. The van der Waals surface area contributed by atoms with E-state index in [1.807, 2.05) is 6.92 Å². The van der Waals surface area contributed by atoms with Crippen molar-refractivity contribution in [2.24, 2.45) is 11.7 Å². The van der Waals surface area contributed by atoms with Gasteiger partial charge in [0.1, 0.15) is 9.84 Å². The standard InChI is InChI=1S/C8H19NO2S/c1-3-12(10,11)7-5-8(2)4-6-9/h8H,3-7,9H2,1-2H3. The Morgan fingerprint density at radius 1 is 1.33 bits per heavy atom. The van der Waals surface area contributed by atoms with Gasteiger partial charge in [-0.05, 0) is 25.3 Å². The zero-order chi connectivity index (χ0) is 9.61. The van der Waals surface area contributed by atoms with Gasteiger partial charge in [0.25, 0.3) is 0 Å². The van der Waals surface area contributed by atoms with Crippen LogP contribution in [-0.4, -0.2) is 26.5 Å². The average molecular weight is 193 g/mol. The van der Waals surface area contributed by atoms with Crippen molar-refractivity contribution in [2.75, 3.05) is 18.1 Å². The van der Waals surface area contributed by atoms with Crippen molar-refractivity contribution in [3.63, 3.8) is 0 Å². The largest absolute Gasteiger partial charge is 0.330 e. The number of rotatable bonds is 6. The molecule has 0 aromatic heterocycles. The maximum atomic E-state index is 11.1. The van der Waals surface area contributed by atoms with E-state index in [2.05, 4.69) is 0 Å². The molecule has 0 saturated carbocycles. The van der Waals surface area contributed by atoms with E-state index in [9.17, 15) is 8.42 Å². The fourth-order valence-corrected chi connectivity index (χ4v) is 2.00. The van der Waals surface area contributed by atoms with E-state index in [0.29, 0.717) is 18.2 Å². The molecular formula is C8H19NO2S. The molecule has 3 nitrogen and oxygen atoms in total. The molecule has 0 heterocycles. The van der Waals surface area contributed by atoms with Crippen molar-refractivity contribution in [1.82, 2.24) is 0 Å². The molecule has 2 N–H and O–H groups in total. The van der Waals surface area contributed by atoms with Crippen molar-refractivity contribution in [2.45, 2.75) is 26.7 Å². The van der Waals surface area contributed by atoms with Crippen LogP contribution in [0.25, 0.3) is 0 Å². The van der Waals surface area contributed by atoms with E-state index in [0.717, 1.165) is 12.8 Å². The zero-order valence-electron chi connectivity index (χ0n) is 7.91. The van der Waals surface area contributed by atoms with Crippen molar-refractivity contribution in [3.05, 3.63) is 0 Å². The Hall–Kier alpha value is -0.0900. The highest BCUT2D eigenvalue weighted by Crippen LogP contribution is 2.08. The topological polar surface area (TPSA) is 60.2 Å². The molecule has 0 saturated heterocycles. The lowest BCUT2D eigenvalue weighted by molar-refractivity contribution is 0.516. The molecule has 0 amide bonds. The maximum absolute atomic E-state index is 11.1. The summed E-state index contributed by atoms with van der Waals surface area (Å²) < 4.78 is 22.2. The van der Waals surface area contributed by atoms with Gasteiger partial charge in [0.05, 0.1) is 5.75 Å². The Morgan fingerprint density at radius 2 is 1.92 bits per heavy atom. The van der Waals surface area contributed by atoms with Crippen LogP contribution < -0.4 is 5.73 Å². The van der Waals surface area contributed by atoms with Crippen molar-refractivity contribution in [1.29, 1.82) is 0 Å². The maximum Gasteiger partial charge on any atom is 0.150 e. The Balaban J connectivity index is 3.68. The van der Waals surface area contributed by atoms with Crippen LogP contribution in [0.1, 0.15) is 26.7 Å². The van der Waals surface area contributed by atoms with Crippen LogP contribution in [0.4, 0.5) is 0 Å². The van der Waals surface area contributed by atoms with Crippen LogP contribution in [0.5, 0.6) is 0 Å². The van der Waals surface area contributed by atoms with E-state index >= 15 is 0 Å². The molecule has 74 valence electrons. The SMILES string of the molecule is CCS(=O)(=O)CCC(C)CCN. The molecule has 1 unspecified atom stereocenters. The fourth-order valence-electron chi connectivity index (χ4n) is 0.954. The first-order chi connectivity index (χ1) is 5.52. The molecule has 0 aliphatic heterocycles. The Bertz CT molecular complexity index is 199. The highest BCUT2D eigenvalue weighted by Gasteiger charge is 2.09. The van der Waals surface area contributed by atoms with Gasteiger partial charge in [0, 0.05) is 5.75 Å². The second-order valence-electron chi connectivity index (χ2n) is 3.21. The summed E-state index contributed by atoms with van der Waals surface area (Å²) >= 11 is 0. The highest BCUT2D eigenvalue weighted by molar-refractivity contribution is 7.91. The van der Waals surface area contributed by atoms with Gasteiger partial charge in [-0.15, -0.1) is 0 Å². The van der Waals surface area contributed by atoms with Gasteiger partial charge in [-0.3, -0.25) is 0 Å². The number of sulfone groups is 1. The minimum absolute atomic E-state index is 0.252. The molecule has 0 aliphatic carbocycles. The van der Waals surface area contributed by atoms with Gasteiger partial charge in [-0.25, -0.2) is 8.42 Å². The smallest absolute Gasteiger partial charge is 0.150 e. The second kappa shape index (κ2) is 5.54. The summed E-state index contributed by atoms with van der Waals surface area (Å²) in [5.74, 6) is 0.990. The first-order valence-corrected chi connectivity index (χ1v) is 6.24. The molecule has 0 aromatic carbocycles. The van der Waals surface area contributed by atoms with Crippen LogP contribution in [0.2, 0.25) is 0 Å². The van der Waals surface area contributed by atoms with Crippen molar-refractivity contribution >= 4 is 9.84 Å². The first kappa shape index (κ1) is 11.9. The predicted octanol–water partition coefficient (Wildman–Crippen LogP) is 0.796. The summed E-state index contributed by atoms with van der Waals surface area (Å²) in [6, 6.07) is 0. The third kappa shape index (κ3) is 5.55. The number of hydrogen-bond donors (Lipinski definition) is 1. The highest BCUT2D eigenvalue weighted by atomic mass is 32.2. The van der Waals surface area contributed by atoms with E-state index in [1.54, 1.807) is 6.92 Å². The lowest BCUT2D eigenvalue weighted by atomic mass is 10.1. The molecule has 0 fully saturated rings. The fraction of sp³-hybridized carbons (Fsp3) is 1.00. The van der Waals surface area contributed by atoms with Gasteiger partial charge in [0.15, 0.2) is 0 Å². The Kier molecular flexibility index (Phi) is 5.50. The minimum Gasteiger partial charge on any atom is -0.330 e. The minimum atomic E-state index is -2.77. The summed E-state index contributed by atoms with van der Waals surface area (Å²) in [6.45, 7) is 4.37. The molecule has 0 bridgehead atoms. The lowest BCUT2D eigenvalue weighted by Gasteiger charge is -2.08. The van der Waals surface area contributed by atoms with Gasteiger partial charge < -0.3 is 5.73 Å². The normalized spacial score (nSPS) is 14.6. The third-order valence-corrected chi connectivity index (χ3v) is 3.76. The van der Waals surface area contributed by atoms with Crippen molar-refractivity contribution < 1.29 is 8.42 Å². The van der Waals surface area contributed by atoms with Crippen LogP contribution >= 0.6 is 0 Å². The molecule has 0 aromatic rings. The molecule has 1 atom stereocenters. The van der Waals surface area contributed by atoms with Crippen LogP contribution in [-0.2, 0) is 9.84 Å². The predicted molar refractivity (Wildman–Crippen MR) is 51.8 cm³/mol. The zero-order valence-corrected chi connectivity index (χ0v) is 8.73. The van der Waals surface area contributed by atoms with E-state index in [-0.39, 0.29) is 5.75 Å². The molecule has 0 radical (unpaired) electrons. The molecule has 0 rings (SSSR count). The van der Waals surface area contributed by atoms with Crippen LogP contribution in [0.3, 0.4) is 0 Å². The van der Waals surface area contributed by atoms with Gasteiger partial charge in [-0.1, -0.05) is 13.8 Å². The first-order valence-electron chi connectivity index (χ1n) is 4.42. The Labute approximate surface area is 75.3 Å². The monoisotopic (exact) mass is 193 g/mol. The number of hydrogen-bond acceptors (Lipinski definition) is 3. The summed E-state index contributed by atoms with van der Waals surface area (Å²) in [5.41, 5.74) is 5.35. The average Bonchev–Trinajstić information content (AvgIpc) is 2.02. The van der Waals surface area contributed by atoms with Gasteiger partial charge >= 0.3 is 0 Å². The summed E-state index contributed by atoms with van der Waals surface area (Å²) in [7, 11) is -2.77. The van der Waals surface area contributed by atoms with Crippen LogP contribution in [0.15, 0.2) is 0 Å². The van der Waals surface area contributed by atoms with Crippen molar-refractivity contribution in [3.8, 4) is 0 Å². The van der Waals surface area contributed by atoms with Crippen LogP contribution in [0, 0.1) is 5.92 Å². The lowest BCUT2D eigenvalue weighted by Crippen LogP contribution is -2.13. The third-order valence-electron chi connectivity index (χ3n) is 2.02. The second-order valence-corrected chi connectivity index (χ2v) is 5.68. The summed E-state index contributed by atoms with van der Waals surface area (Å²) in [6.07, 6.45) is 1.66. The van der Waals surface area contributed by atoms with Gasteiger partial charge in [-0.2, -0.15) is 0 Å². The Morgan fingerprint density at radius 3 is 2.33 bits per heavy atom. The summed E-state index contributed by atoms with van der Waals surface area (Å²) in [4.78, 5) is 0. The number of nitrogens with two attached hydrogens (primary N) is 1. The molecule has 4 heteroatoms.